The Morgan fingerprint density at radius 3 is 2.35 bits per heavy atom. The molecule has 194 valence electrons. The van der Waals surface area contributed by atoms with Gasteiger partial charge >= 0.3 is 0 Å². The first kappa shape index (κ1) is 25.6. The normalized spacial score (nSPS) is 17.8. The quantitative estimate of drug-likeness (QED) is 0.387. The second kappa shape index (κ2) is 11.1. The highest BCUT2D eigenvalue weighted by molar-refractivity contribution is 5.81. The van der Waals surface area contributed by atoms with Crippen molar-refractivity contribution in [3.63, 3.8) is 0 Å². The van der Waals surface area contributed by atoms with Crippen LogP contribution in [0.4, 0.5) is 5.82 Å². The number of carbonyl (C=O) groups excluding carboxylic acids is 1. The number of rotatable bonds is 7. The van der Waals surface area contributed by atoms with Crippen LogP contribution >= 0.6 is 0 Å². The van der Waals surface area contributed by atoms with E-state index in [0.717, 1.165) is 49.8 Å². The van der Waals surface area contributed by atoms with Gasteiger partial charge in [0.15, 0.2) is 5.82 Å². The summed E-state index contributed by atoms with van der Waals surface area (Å²) < 4.78 is 0. The van der Waals surface area contributed by atoms with Gasteiger partial charge in [-0.3, -0.25) is 9.69 Å². The summed E-state index contributed by atoms with van der Waals surface area (Å²) in [5, 5.41) is 0. The van der Waals surface area contributed by atoms with Gasteiger partial charge in [0, 0.05) is 55.3 Å². The summed E-state index contributed by atoms with van der Waals surface area (Å²) in [4.78, 5) is 27.3. The first-order chi connectivity index (χ1) is 18.0. The molecular formula is C32H40N4O. The van der Waals surface area contributed by atoms with Crippen molar-refractivity contribution in [3.05, 3.63) is 76.0 Å². The van der Waals surface area contributed by atoms with Crippen LogP contribution in [0.3, 0.4) is 0 Å². The van der Waals surface area contributed by atoms with E-state index in [1.165, 1.54) is 52.6 Å². The van der Waals surface area contributed by atoms with Crippen molar-refractivity contribution in [2.24, 2.45) is 0 Å². The van der Waals surface area contributed by atoms with E-state index >= 15 is 0 Å². The lowest BCUT2D eigenvalue weighted by Crippen LogP contribution is -2.36. The zero-order chi connectivity index (χ0) is 25.9. The second-order valence-corrected chi connectivity index (χ2v) is 10.6. The minimum absolute atomic E-state index is 0.351. The Kier molecular flexibility index (Phi) is 7.71. The van der Waals surface area contributed by atoms with Crippen LogP contribution < -0.4 is 4.90 Å². The number of benzene rings is 2. The third-order valence-electron chi connectivity index (χ3n) is 8.31. The molecule has 5 nitrogen and oxygen atoms in total. The zero-order valence-corrected chi connectivity index (χ0v) is 22.9. The molecule has 2 heterocycles. The van der Waals surface area contributed by atoms with Crippen LogP contribution in [0.15, 0.2) is 42.5 Å². The van der Waals surface area contributed by atoms with Gasteiger partial charge < -0.3 is 4.90 Å². The molecule has 0 N–H and O–H groups in total. The third-order valence-corrected chi connectivity index (χ3v) is 8.31. The second-order valence-electron chi connectivity index (χ2n) is 10.6. The molecule has 1 aliphatic carbocycles. The maximum Gasteiger partial charge on any atom is 0.162 e. The van der Waals surface area contributed by atoms with E-state index in [4.69, 9.17) is 9.97 Å². The monoisotopic (exact) mass is 496 g/mol. The summed E-state index contributed by atoms with van der Waals surface area (Å²) in [6.45, 7) is 8.80. The van der Waals surface area contributed by atoms with Gasteiger partial charge in [-0.1, -0.05) is 56.3 Å². The molecule has 37 heavy (non-hydrogen) atoms. The highest BCUT2D eigenvalue weighted by atomic mass is 16.1. The molecule has 1 aromatic heterocycles. The van der Waals surface area contributed by atoms with Crippen LogP contribution in [-0.4, -0.2) is 40.8 Å². The average molecular weight is 497 g/mol. The average Bonchev–Trinajstić information content (AvgIpc) is 2.93. The highest BCUT2D eigenvalue weighted by Gasteiger charge is 2.28. The fourth-order valence-electron chi connectivity index (χ4n) is 6.18. The predicted octanol–water partition coefficient (Wildman–Crippen LogP) is 6.26. The molecule has 0 saturated carbocycles. The number of hydrogen-bond donors (Lipinski definition) is 0. The Balaban J connectivity index is 1.57. The zero-order valence-electron chi connectivity index (χ0n) is 22.9. The van der Waals surface area contributed by atoms with Gasteiger partial charge in [0.2, 0.25) is 0 Å². The predicted molar refractivity (Wildman–Crippen MR) is 151 cm³/mol. The molecule has 0 spiro atoms. The van der Waals surface area contributed by atoms with E-state index < -0.39 is 0 Å². The molecule has 5 rings (SSSR count). The lowest BCUT2D eigenvalue weighted by molar-refractivity contribution is -0.119. The van der Waals surface area contributed by atoms with Gasteiger partial charge in [0.1, 0.15) is 11.6 Å². The number of hydrogen-bond acceptors (Lipinski definition) is 5. The summed E-state index contributed by atoms with van der Waals surface area (Å²) in [6.07, 6.45) is 6.64. The molecule has 0 bridgehead atoms. The van der Waals surface area contributed by atoms with Gasteiger partial charge in [-0.25, -0.2) is 9.97 Å². The Hall–Kier alpha value is -3.05. The first-order valence-electron chi connectivity index (χ1n) is 14.0. The van der Waals surface area contributed by atoms with E-state index in [-0.39, 0.29) is 0 Å². The molecule has 0 amide bonds. The lowest BCUT2D eigenvalue weighted by atomic mass is 9.87. The molecule has 1 saturated heterocycles. The standard InChI is InChI=1S/C32H40N4O/c1-5-23-12-9-13-24(6-2)30(23)31-33-22(3)28(32(34-31)36-19-17-26(37)18-20-36)21-35(4)29-16-10-14-25-11-7-8-15-27(25)29/h7-9,11-13,15,29H,5-6,10,14,16-21H2,1-4H3. The summed E-state index contributed by atoms with van der Waals surface area (Å²) in [5.41, 5.74) is 8.94. The molecule has 0 radical (unpaired) electrons. The smallest absolute Gasteiger partial charge is 0.162 e. The Morgan fingerprint density at radius 1 is 0.946 bits per heavy atom. The van der Waals surface area contributed by atoms with Gasteiger partial charge in [-0.05, 0) is 68.3 Å². The van der Waals surface area contributed by atoms with Crippen LogP contribution in [0.2, 0.25) is 0 Å². The van der Waals surface area contributed by atoms with Crippen molar-refractivity contribution >= 4 is 11.6 Å². The van der Waals surface area contributed by atoms with E-state index in [2.05, 4.69) is 80.1 Å². The molecule has 1 aliphatic heterocycles. The SMILES string of the molecule is CCc1cccc(CC)c1-c1nc(C)c(CN(C)C2CCCc3ccccc32)c(N2CCC(=O)CC2)n1. The summed E-state index contributed by atoms with van der Waals surface area (Å²) in [5.74, 6) is 2.19. The van der Waals surface area contributed by atoms with E-state index in [1.54, 1.807) is 0 Å². The Bertz CT molecular complexity index is 1250. The summed E-state index contributed by atoms with van der Waals surface area (Å²) in [6, 6.07) is 15.9. The molecular weight excluding hydrogens is 456 g/mol. The van der Waals surface area contributed by atoms with Gasteiger partial charge in [-0.2, -0.15) is 0 Å². The minimum atomic E-state index is 0.351. The van der Waals surface area contributed by atoms with Crippen LogP contribution in [0.25, 0.3) is 11.4 Å². The van der Waals surface area contributed by atoms with Gasteiger partial charge in [0.05, 0.1) is 0 Å². The molecule has 5 heteroatoms. The van der Waals surface area contributed by atoms with E-state index in [0.29, 0.717) is 24.7 Å². The summed E-state index contributed by atoms with van der Waals surface area (Å²) in [7, 11) is 2.24. The maximum absolute atomic E-state index is 12.1. The fourth-order valence-corrected chi connectivity index (χ4v) is 6.18. The van der Waals surface area contributed by atoms with Crippen LogP contribution in [0, 0.1) is 6.92 Å². The molecule has 1 fully saturated rings. The topological polar surface area (TPSA) is 49.3 Å². The Labute approximate surface area is 221 Å². The lowest BCUT2D eigenvalue weighted by Gasteiger charge is -2.35. The van der Waals surface area contributed by atoms with Crippen molar-refractivity contribution in [1.29, 1.82) is 0 Å². The number of nitrogens with zero attached hydrogens (tertiary/aromatic N) is 4. The van der Waals surface area contributed by atoms with E-state index in [9.17, 15) is 4.79 Å². The van der Waals surface area contributed by atoms with E-state index in [1.807, 2.05) is 0 Å². The molecule has 1 atom stereocenters. The molecule has 1 unspecified atom stereocenters. The Morgan fingerprint density at radius 2 is 1.65 bits per heavy atom. The fraction of sp³-hybridized carbons (Fsp3) is 0.469. The van der Waals surface area contributed by atoms with Gasteiger partial charge in [-0.15, -0.1) is 0 Å². The number of fused-ring (bicyclic) bond motifs is 1. The van der Waals surface area contributed by atoms with Crippen molar-refractivity contribution in [2.75, 3.05) is 25.0 Å². The third kappa shape index (κ3) is 5.19. The van der Waals surface area contributed by atoms with Crippen LogP contribution in [0.5, 0.6) is 0 Å². The molecule has 3 aromatic rings. The van der Waals surface area contributed by atoms with Gasteiger partial charge in [0.25, 0.3) is 0 Å². The van der Waals surface area contributed by atoms with Crippen molar-refractivity contribution in [1.82, 2.24) is 14.9 Å². The number of aryl methyl sites for hydroxylation is 4. The number of ketones is 1. The highest BCUT2D eigenvalue weighted by Crippen LogP contribution is 2.37. The minimum Gasteiger partial charge on any atom is -0.355 e. The van der Waals surface area contributed by atoms with Crippen molar-refractivity contribution in [2.45, 2.75) is 78.3 Å². The van der Waals surface area contributed by atoms with Crippen LogP contribution in [0.1, 0.15) is 79.1 Å². The first-order valence-corrected chi connectivity index (χ1v) is 14.0. The molecule has 2 aliphatic rings. The number of carbonyl (C=O) groups is 1. The van der Waals surface area contributed by atoms with Crippen LogP contribution in [-0.2, 0) is 30.6 Å². The maximum atomic E-state index is 12.1. The van der Waals surface area contributed by atoms with Crippen molar-refractivity contribution < 1.29 is 4.79 Å². The largest absolute Gasteiger partial charge is 0.355 e. The molecule has 2 aromatic carbocycles. The van der Waals surface area contributed by atoms with Crippen molar-refractivity contribution in [3.8, 4) is 11.4 Å². The summed E-state index contributed by atoms with van der Waals surface area (Å²) >= 11 is 0. The number of anilines is 1. The number of Topliss-reactive ketones (excluding diaryl/α,β-unsaturated/α-hetero) is 1. The number of piperidine rings is 1. The number of aromatic nitrogens is 2.